The molecule has 3 saturated heterocycles. The monoisotopic (exact) mass is 399 g/mol. The summed E-state index contributed by atoms with van der Waals surface area (Å²) < 4.78 is 5.44. The molecule has 1 unspecified atom stereocenters. The Labute approximate surface area is 176 Å². The SMILES string of the molecule is CC1CCN(CCC2CCCCN2C(=O)c2ccc(N3CCOCC3)cc2)CC1. The topological polar surface area (TPSA) is 36.0 Å². The van der Waals surface area contributed by atoms with Gasteiger partial charge in [0.15, 0.2) is 0 Å². The van der Waals surface area contributed by atoms with Crippen LogP contribution in [0.4, 0.5) is 5.69 Å². The van der Waals surface area contributed by atoms with Crippen molar-refractivity contribution in [2.45, 2.75) is 51.5 Å². The van der Waals surface area contributed by atoms with Crippen LogP contribution in [0.1, 0.15) is 55.8 Å². The third kappa shape index (κ3) is 5.32. The number of carbonyl (C=O) groups excluding carboxylic acids is 1. The number of anilines is 1. The summed E-state index contributed by atoms with van der Waals surface area (Å²) in [6, 6.07) is 8.64. The van der Waals surface area contributed by atoms with Crippen LogP contribution in [-0.4, -0.2) is 74.2 Å². The van der Waals surface area contributed by atoms with Gasteiger partial charge in [0.25, 0.3) is 5.91 Å². The average Bonchev–Trinajstić information content (AvgIpc) is 2.79. The number of carbonyl (C=O) groups is 1. The first-order chi connectivity index (χ1) is 14.2. The summed E-state index contributed by atoms with van der Waals surface area (Å²) >= 11 is 0. The zero-order valence-corrected chi connectivity index (χ0v) is 18.0. The van der Waals surface area contributed by atoms with E-state index in [0.29, 0.717) is 6.04 Å². The van der Waals surface area contributed by atoms with Gasteiger partial charge in [-0.15, -0.1) is 0 Å². The van der Waals surface area contributed by atoms with E-state index >= 15 is 0 Å². The number of likely N-dealkylation sites (tertiary alicyclic amines) is 2. The Balaban J connectivity index is 1.35. The van der Waals surface area contributed by atoms with Crippen LogP contribution in [0.2, 0.25) is 0 Å². The Morgan fingerprint density at radius 2 is 1.69 bits per heavy atom. The van der Waals surface area contributed by atoms with E-state index in [1.54, 1.807) is 0 Å². The van der Waals surface area contributed by atoms with Crippen molar-refractivity contribution in [1.82, 2.24) is 9.80 Å². The van der Waals surface area contributed by atoms with Crippen LogP contribution in [0.3, 0.4) is 0 Å². The molecule has 1 amide bonds. The van der Waals surface area contributed by atoms with Crippen LogP contribution < -0.4 is 4.90 Å². The van der Waals surface area contributed by atoms with Gasteiger partial charge < -0.3 is 19.4 Å². The van der Waals surface area contributed by atoms with E-state index in [9.17, 15) is 4.79 Å². The smallest absolute Gasteiger partial charge is 0.254 e. The number of hydrogen-bond acceptors (Lipinski definition) is 4. The highest BCUT2D eigenvalue weighted by molar-refractivity contribution is 5.94. The molecule has 1 aromatic carbocycles. The Morgan fingerprint density at radius 3 is 2.41 bits per heavy atom. The maximum absolute atomic E-state index is 13.3. The highest BCUT2D eigenvalue weighted by atomic mass is 16.5. The summed E-state index contributed by atoms with van der Waals surface area (Å²) in [7, 11) is 0. The van der Waals surface area contributed by atoms with E-state index in [2.05, 4.69) is 33.8 Å². The number of hydrogen-bond donors (Lipinski definition) is 0. The highest BCUT2D eigenvalue weighted by Crippen LogP contribution is 2.25. The van der Waals surface area contributed by atoms with E-state index < -0.39 is 0 Å². The van der Waals surface area contributed by atoms with Gasteiger partial charge in [-0.25, -0.2) is 0 Å². The lowest BCUT2D eigenvalue weighted by Crippen LogP contribution is -2.46. The van der Waals surface area contributed by atoms with Crippen molar-refractivity contribution in [1.29, 1.82) is 0 Å². The van der Waals surface area contributed by atoms with Gasteiger partial charge in [-0.05, 0) is 81.8 Å². The molecule has 3 aliphatic heterocycles. The fraction of sp³-hybridized carbons (Fsp3) is 0.708. The summed E-state index contributed by atoms with van der Waals surface area (Å²) in [6.45, 7) is 10.3. The van der Waals surface area contributed by atoms with Crippen LogP contribution in [0.5, 0.6) is 0 Å². The lowest BCUT2D eigenvalue weighted by molar-refractivity contribution is 0.0575. The summed E-state index contributed by atoms with van der Waals surface area (Å²) in [5, 5.41) is 0. The molecule has 0 saturated carbocycles. The second kappa shape index (κ2) is 9.94. The Hall–Kier alpha value is -1.59. The van der Waals surface area contributed by atoms with Gasteiger partial charge in [-0.2, -0.15) is 0 Å². The molecular weight excluding hydrogens is 362 g/mol. The number of benzene rings is 1. The van der Waals surface area contributed by atoms with Gasteiger partial charge >= 0.3 is 0 Å². The molecule has 29 heavy (non-hydrogen) atoms. The second-order valence-corrected chi connectivity index (χ2v) is 9.11. The van der Waals surface area contributed by atoms with Crippen LogP contribution >= 0.6 is 0 Å². The molecule has 3 fully saturated rings. The normalized spacial score (nSPS) is 24.7. The Bertz CT molecular complexity index is 649. The Kier molecular flexibility index (Phi) is 7.09. The number of amides is 1. The van der Waals surface area contributed by atoms with E-state index in [0.717, 1.165) is 70.1 Å². The fourth-order valence-corrected chi connectivity index (χ4v) is 4.99. The van der Waals surface area contributed by atoms with Crippen molar-refractivity contribution in [3.63, 3.8) is 0 Å². The van der Waals surface area contributed by atoms with E-state index in [4.69, 9.17) is 4.74 Å². The van der Waals surface area contributed by atoms with Crippen LogP contribution in [-0.2, 0) is 4.74 Å². The minimum Gasteiger partial charge on any atom is -0.378 e. The molecule has 5 nitrogen and oxygen atoms in total. The summed E-state index contributed by atoms with van der Waals surface area (Å²) in [5.41, 5.74) is 2.03. The molecule has 5 heteroatoms. The molecule has 1 atom stereocenters. The molecule has 160 valence electrons. The maximum Gasteiger partial charge on any atom is 0.254 e. The molecular formula is C24H37N3O2. The first kappa shape index (κ1) is 20.7. The summed E-state index contributed by atoms with van der Waals surface area (Å²) in [4.78, 5) is 20.4. The van der Waals surface area contributed by atoms with Crippen molar-refractivity contribution in [3.05, 3.63) is 29.8 Å². The number of ether oxygens (including phenoxy) is 1. The van der Waals surface area contributed by atoms with Crippen molar-refractivity contribution in [2.24, 2.45) is 5.92 Å². The molecule has 0 aromatic heterocycles. The minimum absolute atomic E-state index is 0.218. The molecule has 0 N–H and O–H groups in total. The van der Waals surface area contributed by atoms with Gasteiger partial charge in [-0.3, -0.25) is 4.79 Å². The van der Waals surface area contributed by atoms with Crippen LogP contribution in [0.15, 0.2) is 24.3 Å². The number of nitrogens with zero attached hydrogens (tertiary/aromatic N) is 3. The summed E-state index contributed by atoms with van der Waals surface area (Å²) in [6.07, 6.45) is 7.30. The number of rotatable bonds is 5. The van der Waals surface area contributed by atoms with Gasteiger partial charge in [-0.1, -0.05) is 6.92 Å². The largest absolute Gasteiger partial charge is 0.378 e. The fourth-order valence-electron chi connectivity index (χ4n) is 4.99. The van der Waals surface area contributed by atoms with Crippen molar-refractivity contribution < 1.29 is 9.53 Å². The van der Waals surface area contributed by atoms with E-state index in [1.165, 1.54) is 38.0 Å². The van der Waals surface area contributed by atoms with Crippen LogP contribution in [0, 0.1) is 5.92 Å². The van der Waals surface area contributed by atoms with Crippen molar-refractivity contribution in [3.8, 4) is 0 Å². The molecule has 3 aliphatic rings. The standard InChI is InChI=1S/C24H37N3O2/c1-20-9-13-25(14-10-20)15-11-23-4-2-3-12-27(23)24(28)21-5-7-22(8-6-21)26-16-18-29-19-17-26/h5-8,20,23H,2-4,9-19H2,1H3. The van der Waals surface area contributed by atoms with Gasteiger partial charge in [0.05, 0.1) is 13.2 Å². The average molecular weight is 400 g/mol. The molecule has 3 heterocycles. The first-order valence-electron chi connectivity index (χ1n) is 11.7. The second-order valence-electron chi connectivity index (χ2n) is 9.11. The van der Waals surface area contributed by atoms with E-state index in [1.807, 2.05) is 12.1 Å². The predicted molar refractivity (Wildman–Crippen MR) is 118 cm³/mol. The first-order valence-corrected chi connectivity index (χ1v) is 11.7. The zero-order valence-electron chi connectivity index (χ0n) is 18.0. The minimum atomic E-state index is 0.218. The predicted octanol–water partition coefficient (Wildman–Crippen LogP) is 3.64. The molecule has 0 spiro atoms. The van der Waals surface area contributed by atoms with Crippen molar-refractivity contribution in [2.75, 3.05) is 57.4 Å². The molecule has 1 aromatic rings. The number of morpholine rings is 1. The third-order valence-corrected chi connectivity index (χ3v) is 7.03. The van der Waals surface area contributed by atoms with Gasteiger partial charge in [0.1, 0.15) is 0 Å². The lowest BCUT2D eigenvalue weighted by Gasteiger charge is -2.38. The lowest BCUT2D eigenvalue weighted by atomic mass is 9.96. The quantitative estimate of drug-likeness (QED) is 0.757. The van der Waals surface area contributed by atoms with E-state index in [-0.39, 0.29) is 5.91 Å². The number of piperidine rings is 2. The zero-order chi connectivity index (χ0) is 20.1. The van der Waals surface area contributed by atoms with Crippen LogP contribution in [0.25, 0.3) is 0 Å². The van der Waals surface area contributed by atoms with Crippen molar-refractivity contribution >= 4 is 11.6 Å². The third-order valence-electron chi connectivity index (χ3n) is 7.03. The Morgan fingerprint density at radius 1 is 0.966 bits per heavy atom. The van der Waals surface area contributed by atoms with Gasteiger partial charge in [0.2, 0.25) is 0 Å². The summed E-state index contributed by atoms with van der Waals surface area (Å²) in [5.74, 6) is 1.09. The molecule has 4 rings (SSSR count). The molecule has 0 radical (unpaired) electrons. The maximum atomic E-state index is 13.3. The molecule has 0 bridgehead atoms. The molecule has 0 aliphatic carbocycles. The van der Waals surface area contributed by atoms with Gasteiger partial charge in [0, 0.05) is 43.5 Å². The highest BCUT2D eigenvalue weighted by Gasteiger charge is 2.28.